The van der Waals surface area contributed by atoms with Gasteiger partial charge in [-0.3, -0.25) is 0 Å². The van der Waals surface area contributed by atoms with Crippen LogP contribution in [0.2, 0.25) is 0 Å². The van der Waals surface area contributed by atoms with Gasteiger partial charge in [0.2, 0.25) is 0 Å². The first-order valence-corrected chi connectivity index (χ1v) is 4.77. The third kappa shape index (κ3) is 1.82. The number of rotatable bonds is 2. The van der Waals surface area contributed by atoms with Gasteiger partial charge in [0.15, 0.2) is 5.82 Å². The van der Waals surface area contributed by atoms with Crippen LogP contribution in [0.15, 0.2) is 30.6 Å². The Bertz CT molecular complexity index is 363. The molecular weight excluding hydrogens is 174 g/mol. The predicted molar refractivity (Wildman–Crippen MR) is 57.9 cm³/mol. The number of anilines is 1. The first kappa shape index (κ1) is 8.94. The van der Waals surface area contributed by atoms with Crippen LogP contribution in [0.3, 0.4) is 0 Å². The van der Waals surface area contributed by atoms with Gasteiger partial charge in [-0.1, -0.05) is 18.2 Å². The molecule has 1 aliphatic rings. The minimum atomic E-state index is 0.806. The molecule has 0 fully saturated rings. The lowest BCUT2D eigenvalue weighted by atomic mass is 10.1. The largest absolute Gasteiger partial charge is 0.386 e. The molecule has 0 radical (unpaired) electrons. The Balaban J connectivity index is 2.24. The van der Waals surface area contributed by atoms with Gasteiger partial charge in [0.1, 0.15) is 0 Å². The topological polar surface area (TPSA) is 37.8 Å². The SMILES string of the molecule is CNc1cnc(C2=CCCC=C2)nc1. The first-order valence-electron chi connectivity index (χ1n) is 4.77. The van der Waals surface area contributed by atoms with Crippen molar-refractivity contribution in [3.05, 3.63) is 36.4 Å². The van der Waals surface area contributed by atoms with E-state index in [9.17, 15) is 0 Å². The van der Waals surface area contributed by atoms with E-state index in [-0.39, 0.29) is 0 Å². The second-order valence-corrected chi connectivity index (χ2v) is 3.18. The molecule has 0 saturated carbocycles. The number of nitrogens with one attached hydrogen (secondary N) is 1. The Morgan fingerprint density at radius 3 is 2.57 bits per heavy atom. The van der Waals surface area contributed by atoms with Crippen molar-refractivity contribution in [2.75, 3.05) is 12.4 Å². The smallest absolute Gasteiger partial charge is 0.158 e. The van der Waals surface area contributed by atoms with Gasteiger partial charge < -0.3 is 5.32 Å². The third-order valence-corrected chi connectivity index (χ3v) is 2.19. The Morgan fingerprint density at radius 2 is 2.00 bits per heavy atom. The molecule has 0 aliphatic heterocycles. The summed E-state index contributed by atoms with van der Waals surface area (Å²) < 4.78 is 0. The number of nitrogens with zero attached hydrogens (tertiary/aromatic N) is 2. The second kappa shape index (κ2) is 4.05. The van der Waals surface area contributed by atoms with Crippen molar-refractivity contribution in [2.24, 2.45) is 0 Å². The summed E-state index contributed by atoms with van der Waals surface area (Å²) in [6, 6.07) is 0. The molecule has 0 amide bonds. The van der Waals surface area contributed by atoms with Crippen LogP contribution >= 0.6 is 0 Å². The average Bonchev–Trinajstić information content (AvgIpc) is 2.30. The molecule has 0 atom stereocenters. The van der Waals surface area contributed by atoms with E-state index in [1.165, 1.54) is 0 Å². The fourth-order valence-electron chi connectivity index (χ4n) is 1.39. The number of aromatic nitrogens is 2. The van der Waals surface area contributed by atoms with Crippen LogP contribution in [0.25, 0.3) is 5.57 Å². The fraction of sp³-hybridized carbons (Fsp3) is 0.273. The molecule has 1 aromatic heterocycles. The van der Waals surface area contributed by atoms with Crippen LogP contribution in [0.1, 0.15) is 18.7 Å². The summed E-state index contributed by atoms with van der Waals surface area (Å²) in [5, 5.41) is 2.99. The zero-order chi connectivity index (χ0) is 9.80. The zero-order valence-corrected chi connectivity index (χ0v) is 8.20. The van der Waals surface area contributed by atoms with Crippen LogP contribution in [0, 0.1) is 0 Å². The lowest BCUT2D eigenvalue weighted by Gasteiger charge is -2.05. The first-order chi connectivity index (χ1) is 6.90. The normalized spacial score (nSPS) is 15.1. The van der Waals surface area contributed by atoms with E-state index in [0.717, 1.165) is 29.9 Å². The summed E-state index contributed by atoms with van der Waals surface area (Å²) >= 11 is 0. The van der Waals surface area contributed by atoms with Gasteiger partial charge in [-0.2, -0.15) is 0 Å². The van der Waals surface area contributed by atoms with Crippen LogP contribution < -0.4 is 5.32 Å². The highest BCUT2D eigenvalue weighted by Crippen LogP contribution is 2.18. The van der Waals surface area contributed by atoms with E-state index < -0.39 is 0 Å². The second-order valence-electron chi connectivity index (χ2n) is 3.18. The van der Waals surface area contributed by atoms with Crippen molar-refractivity contribution >= 4 is 11.3 Å². The van der Waals surface area contributed by atoms with E-state index >= 15 is 0 Å². The van der Waals surface area contributed by atoms with E-state index in [4.69, 9.17) is 0 Å². The minimum Gasteiger partial charge on any atom is -0.386 e. The highest BCUT2D eigenvalue weighted by molar-refractivity contribution is 5.70. The van der Waals surface area contributed by atoms with Gasteiger partial charge in [0.25, 0.3) is 0 Å². The van der Waals surface area contributed by atoms with Gasteiger partial charge in [-0.05, 0) is 12.8 Å². The highest BCUT2D eigenvalue weighted by atomic mass is 14.9. The van der Waals surface area contributed by atoms with Crippen molar-refractivity contribution in [2.45, 2.75) is 12.8 Å². The van der Waals surface area contributed by atoms with Gasteiger partial charge in [-0.25, -0.2) is 9.97 Å². The number of hydrogen-bond acceptors (Lipinski definition) is 3. The van der Waals surface area contributed by atoms with E-state index in [0.29, 0.717) is 0 Å². The molecule has 72 valence electrons. The van der Waals surface area contributed by atoms with Gasteiger partial charge >= 0.3 is 0 Å². The Labute approximate surface area is 83.6 Å². The van der Waals surface area contributed by atoms with Crippen molar-refractivity contribution in [1.29, 1.82) is 0 Å². The maximum absolute atomic E-state index is 4.28. The summed E-state index contributed by atoms with van der Waals surface area (Å²) in [7, 11) is 1.86. The molecule has 1 aromatic rings. The average molecular weight is 187 g/mol. The molecule has 0 bridgehead atoms. The molecule has 2 rings (SSSR count). The van der Waals surface area contributed by atoms with Crippen molar-refractivity contribution in [1.82, 2.24) is 9.97 Å². The fourth-order valence-corrected chi connectivity index (χ4v) is 1.39. The standard InChI is InChI=1S/C11H13N3/c1-12-10-7-13-11(14-8-10)9-5-3-2-4-6-9/h3,5-8,12H,2,4H2,1H3. The summed E-state index contributed by atoms with van der Waals surface area (Å²) in [4.78, 5) is 8.56. The van der Waals surface area contributed by atoms with Gasteiger partial charge in [-0.15, -0.1) is 0 Å². The zero-order valence-electron chi connectivity index (χ0n) is 8.20. The van der Waals surface area contributed by atoms with Crippen molar-refractivity contribution in [3.8, 4) is 0 Å². The maximum atomic E-state index is 4.28. The summed E-state index contributed by atoms with van der Waals surface area (Å²) in [6.07, 6.45) is 12.2. The number of allylic oxidation sites excluding steroid dienone is 4. The Kier molecular flexibility index (Phi) is 2.58. The molecule has 14 heavy (non-hydrogen) atoms. The quantitative estimate of drug-likeness (QED) is 0.771. The van der Waals surface area contributed by atoms with E-state index in [1.807, 2.05) is 7.05 Å². The predicted octanol–water partition coefficient (Wildman–Crippen LogP) is 2.25. The molecule has 1 N–H and O–H groups in total. The van der Waals surface area contributed by atoms with E-state index in [2.05, 4.69) is 33.5 Å². The molecule has 3 heteroatoms. The lowest BCUT2D eigenvalue weighted by Crippen LogP contribution is -1.96. The Hall–Kier alpha value is -1.64. The summed E-state index contributed by atoms with van der Waals surface area (Å²) in [6.45, 7) is 0. The lowest BCUT2D eigenvalue weighted by molar-refractivity contribution is 1.03. The highest BCUT2D eigenvalue weighted by Gasteiger charge is 2.03. The third-order valence-electron chi connectivity index (χ3n) is 2.19. The minimum absolute atomic E-state index is 0.806. The van der Waals surface area contributed by atoms with Crippen molar-refractivity contribution in [3.63, 3.8) is 0 Å². The van der Waals surface area contributed by atoms with E-state index in [1.54, 1.807) is 12.4 Å². The van der Waals surface area contributed by atoms with Crippen LogP contribution in [0.4, 0.5) is 5.69 Å². The van der Waals surface area contributed by atoms with Crippen LogP contribution in [0.5, 0.6) is 0 Å². The summed E-state index contributed by atoms with van der Waals surface area (Å²) in [5.74, 6) is 0.806. The summed E-state index contributed by atoms with van der Waals surface area (Å²) in [5.41, 5.74) is 2.06. The van der Waals surface area contributed by atoms with Gasteiger partial charge in [0.05, 0.1) is 18.1 Å². The van der Waals surface area contributed by atoms with Crippen LogP contribution in [-0.2, 0) is 0 Å². The molecule has 0 unspecified atom stereocenters. The van der Waals surface area contributed by atoms with Gasteiger partial charge in [0, 0.05) is 12.6 Å². The molecule has 1 aliphatic carbocycles. The maximum Gasteiger partial charge on any atom is 0.158 e. The molecule has 1 heterocycles. The molecule has 0 saturated heterocycles. The molecular formula is C11H13N3. The van der Waals surface area contributed by atoms with Crippen LogP contribution in [-0.4, -0.2) is 17.0 Å². The molecule has 0 spiro atoms. The monoisotopic (exact) mass is 187 g/mol. The Morgan fingerprint density at radius 1 is 1.21 bits per heavy atom. The number of hydrogen-bond donors (Lipinski definition) is 1. The molecule has 0 aromatic carbocycles. The molecule has 3 nitrogen and oxygen atoms in total. The van der Waals surface area contributed by atoms with Crippen molar-refractivity contribution < 1.29 is 0 Å².